The number of piperidine rings is 1. The quantitative estimate of drug-likeness (QED) is 0.799. The van der Waals surface area contributed by atoms with Gasteiger partial charge in [0.1, 0.15) is 0 Å². The molecule has 0 aromatic carbocycles. The van der Waals surface area contributed by atoms with E-state index in [4.69, 9.17) is 0 Å². The summed E-state index contributed by atoms with van der Waals surface area (Å²) in [5, 5.41) is 12.9. The van der Waals surface area contributed by atoms with Gasteiger partial charge in [0.2, 0.25) is 5.91 Å². The van der Waals surface area contributed by atoms with E-state index in [9.17, 15) is 9.90 Å². The molecule has 1 aliphatic heterocycles. The third kappa shape index (κ3) is 4.25. The SMILES string of the molecule is CCN1CC(NC(=O)C(C)(C)C)CC(C(C)O)C1. The van der Waals surface area contributed by atoms with Crippen LogP contribution < -0.4 is 5.32 Å². The van der Waals surface area contributed by atoms with Crippen LogP contribution in [0.3, 0.4) is 0 Å². The largest absolute Gasteiger partial charge is 0.393 e. The summed E-state index contributed by atoms with van der Waals surface area (Å²) < 4.78 is 0. The Bertz CT molecular complexity index is 284. The van der Waals surface area contributed by atoms with E-state index in [1.807, 2.05) is 27.7 Å². The van der Waals surface area contributed by atoms with Gasteiger partial charge in [0.25, 0.3) is 0 Å². The Labute approximate surface area is 111 Å². The van der Waals surface area contributed by atoms with Crippen molar-refractivity contribution in [1.82, 2.24) is 10.2 Å². The van der Waals surface area contributed by atoms with Crippen molar-refractivity contribution in [2.75, 3.05) is 19.6 Å². The molecule has 3 atom stereocenters. The highest BCUT2D eigenvalue weighted by Crippen LogP contribution is 2.21. The van der Waals surface area contributed by atoms with E-state index in [0.717, 1.165) is 26.1 Å². The summed E-state index contributed by atoms with van der Waals surface area (Å²) in [5.41, 5.74) is -0.352. The molecule has 0 aliphatic carbocycles. The van der Waals surface area contributed by atoms with Crippen LogP contribution in [0.5, 0.6) is 0 Å². The van der Waals surface area contributed by atoms with Crippen molar-refractivity contribution < 1.29 is 9.90 Å². The van der Waals surface area contributed by atoms with Gasteiger partial charge in [-0.05, 0) is 25.8 Å². The van der Waals surface area contributed by atoms with Gasteiger partial charge in [0, 0.05) is 24.5 Å². The fourth-order valence-corrected chi connectivity index (χ4v) is 2.35. The van der Waals surface area contributed by atoms with Crippen LogP contribution in [-0.4, -0.2) is 47.7 Å². The first-order valence-corrected chi connectivity index (χ1v) is 6.95. The molecule has 0 spiro atoms. The third-order valence-electron chi connectivity index (χ3n) is 3.70. The molecule has 2 N–H and O–H groups in total. The van der Waals surface area contributed by atoms with E-state index in [-0.39, 0.29) is 29.4 Å². The molecule has 18 heavy (non-hydrogen) atoms. The maximum Gasteiger partial charge on any atom is 0.225 e. The Balaban J connectivity index is 2.62. The van der Waals surface area contributed by atoms with Crippen LogP contribution in [-0.2, 0) is 4.79 Å². The minimum Gasteiger partial charge on any atom is -0.393 e. The van der Waals surface area contributed by atoms with E-state index < -0.39 is 0 Å². The highest BCUT2D eigenvalue weighted by Gasteiger charge is 2.32. The van der Waals surface area contributed by atoms with Gasteiger partial charge in [-0.15, -0.1) is 0 Å². The summed E-state index contributed by atoms with van der Waals surface area (Å²) in [5.74, 6) is 0.346. The molecule has 1 rings (SSSR count). The van der Waals surface area contributed by atoms with Crippen LogP contribution in [0.2, 0.25) is 0 Å². The molecule has 0 saturated carbocycles. The normalized spacial score (nSPS) is 27.9. The number of rotatable bonds is 3. The summed E-state index contributed by atoms with van der Waals surface area (Å²) >= 11 is 0. The maximum atomic E-state index is 12.0. The fraction of sp³-hybridized carbons (Fsp3) is 0.929. The van der Waals surface area contributed by atoms with Crippen LogP contribution in [0.15, 0.2) is 0 Å². The number of carbonyl (C=O) groups is 1. The third-order valence-corrected chi connectivity index (χ3v) is 3.70. The molecular weight excluding hydrogens is 228 g/mol. The molecule has 106 valence electrons. The molecular formula is C14H28N2O2. The Hall–Kier alpha value is -0.610. The summed E-state index contributed by atoms with van der Waals surface area (Å²) in [6.45, 7) is 12.5. The number of aliphatic hydroxyl groups is 1. The number of carbonyl (C=O) groups excluding carboxylic acids is 1. The van der Waals surface area contributed by atoms with E-state index in [0.29, 0.717) is 0 Å². The zero-order valence-corrected chi connectivity index (χ0v) is 12.4. The second kappa shape index (κ2) is 6.02. The number of hydrogen-bond donors (Lipinski definition) is 2. The van der Waals surface area contributed by atoms with Gasteiger partial charge in [-0.25, -0.2) is 0 Å². The van der Waals surface area contributed by atoms with Crippen molar-refractivity contribution in [2.45, 2.75) is 53.2 Å². The zero-order valence-electron chi connectivity index (χ0n) is 12.4. The second-order valence-corrected chi connectivity index (χ2v) is 6.51. The first-order chi connectivity index (χ1) is 8.24. The van der Waals surface area contributed by atoms with Gasteiger partial charge in [-0.1, -0.05) is 27.7 Å². The predicted molar refractivity (Wildman–Crippen MR) is 73.3 cm³/mol. The number of likely N-dealkylation sites (N-methyl/N-ethyl adjacent to an activating group) is 1. The smallest absolute Gasteiger partial charge is 0.225 e. The van der Waals surface area contributed by atoms with E-state index in [1.54, 1.807) is 0 Å². The molecule has 1 fully saturated rings. The second-order valence-electron chi connectivity index (χ2n) is 6.51. The number of nitrogens with one attached hydrogen (secondary N) is 1. The number of amides is 1. The summed E-state index contributed by atoms with van der Waals surface area (Å²) in [6, 6.07) is 0.157. The van der Waals surface area contributed by atoms with Crippen LogP contribution in [0.25, 0.3) is 0 Å². The molecule has 4 nitrogen and oxygen atoms in total. The first-order valence-electron chi connectivity index (χ1n) is 6.95. The van der Waals surface area contributed by atoms with Crippen LogP contribution in [0.1, 0.15) is 41.0 Å². The molecule has 4 heteroatoms. The molecule has 1 heterocycles. The van der Waals surface area contributed by atoms with Gasteiger partial charge < -0.3 is 15.3 Å². The van der Waals surface area contributed by atoms with Crippen molar-refractivity contribution in [1.29, 1.82) is 0 Å². The van der Waals surface area contributed by atoms with Crippen molar-refractivity contribution in [2.24, 2.45) is 11.3 Å². The average molecular weight is 256 g/mol. The van der Waals surface area contributed by atoms with Gasteiger partial charge >= 0.3 is 0 Å². The lowest BCUT2D eigenvalue weighted by atomic mass is 9.88. The van der Waals surface area contributed by atoms with E-state index in [2.05, 4.69) is 17.1 Å². The minimum absolute atomic E-state index is 0.0924. The topological polar surface area (TPSA) is 52.6 Å². The molecule has 0 bridgehead atoms. The Morgan fingerprint density at radius 3 is 2.50 bits per heavy atom. The highest BCUT2D eigenvalue weighted by atomic mass is 16.3. The van der Waals surface area contributed by atoms with Crippen molar-refractivity contribution in [3.8, 4) is 0 Å². The standard InChI is InChI=1S/C14H28N2O2/c1-6-16-8-11(10(2)17)7-12(9-16)15-13(18)14(3,4)5/h10-12,17H,6-9H2,1-5H3,(H,15,18). The van der Waals surface area contributed by atoms with E-state index in [1.165, 1.54) is 0 Å². The Morgan fingerprint density at radius 2 is 2.06 bits per heavy atom. The lowest BCUT2D eigenvalue weighted by Crippen LogP contribution is -2.54. The summed E-state index contributed by atoms with van der Waals surface area (Å²) in [7, 11) is 0. The monoisotopic (exact) mass is 256 g/mol. The molecule has 1 aliphatic rings. The average Bonchev–Trinajstić information content (AvgIpc) is 2.27. The molecule has 3 unspecified atom stereocenters. The van der Waals surface area contributed by atoms with Crippen molar-refractivity contribution in [3.63, 3.8) is 0 Å². The zero-order chi connectivity index (χ0) is 13.9. The first kappa shape index (κ1) is 15.4. The van der Waals surface area contributed by atoms with Crippen LogP contribution in [0, 0.1) is 11.3 Å². The summed E-state index contributed by atoms with van der Waals surface area (Å²) in [6.07, 6.45) is 0.559. The van der Waals surface area contributed by atoms with Gasteiger partial charge in [0.05, 0.1) is 6.10 Å². The lowest BCUT2D eigenvalue weighted by Gasteiger charge is -2.39. The molecule has 1 amide bonds. The molecule has 0 radical (unpaired) electrons. The van der Waals surface area contributed by atoms with Crippen molar-refractivity contribution >= 4 is 5.91 Å². The molecule has 0 aromatic rings. The minimum atomic E-state index is -0.352. The number of likely N-dealkylation sites (tertiary alicyclic amines) is 1. The number of hydrogen-bond acceptors (Lipinski definition) is 3. The molecule has 0 aromatic heterocycles. The fourth-order valence-electron chi connectivity index (χ4n) is 2.35. The summed E-state index contributed by atoms with van der Waals surface area (Å²) in [4.78, 5) is 14.3. The lowest BCUT2D eigenvalue weighted by molar-refractivity contribution is -0.130. The van der Waals surface area contributed by atoms with Crippen molar-refractivity contribution in [3.05, 3.63) is 0 Å². The van der Waals surface area contributed by atoms with Gasteiger partial charge in [0.15, 0.2) is 0 Å². The van der Waals surface area contributed by atoms with Crippen LogP contribution in [0.4, 0.5) is 0 Å². The van der Waals surface area contributed by atoms with Gasteiger partial charge in [-0.2, -0.15) is 0 Å². The van der Waals surface area contributed by atoms with E-state index >= 15 is 0 Å². The predicted octanol–water partition coefficient (Wildman–Crippen LogP) is 1.24. The van der Waals surface area contributed by atoms with Gasteiger partial charge in [-0.3, -0.25) is 4.79 Å². The molecule has 1 saturated heterocycles. The number of nitrogens with zero attached hydrogens (tertiary/aromatic N) is 1. The van der Waals surface area contributed by atoms with Crippen LogP contribution >= 0.6 is 0 Å². The Kier molecular flexibility index (Phi) is 5.17. The number of aliphatic hydroxyl groups excluding tert-OH is 1. The maximum absolute atomic E-state index is 12.0. The highest BCUT2D eigenvalue weighted by molar-refractivity contribution is 5.81. The Morgan fingerprint density at radius 1 is 1.44 bits per heavy atom.